The molecule has 0 bridgehead atoms. The number of aliphatic hydroxyl groups is 1. The van der Waals surface area contributed by atoms with Crippen molar-refractivity contribution in [1.82, 2.24) is 15.5 Å². The largest absolute Gasteiger partial charge is 0.392 e. The first-order chi connectivity index (χ1) is 12.5. The van der Waals surface area contributed by atoms with E-state index in [1.165, 1.54) is 0 Å². The van der Waals surface area contributed by atoms with Gasteiger partial charge in [-0.3, -0.25) is 9.69 Å². The summed E-state index contributed by atoms with van der Waals surface area (Å²) in [6, 6.07) is 7.13. The monoisotopic (exact) mass is 361 g/mol. The Morgan fingerprint density at radius 3 is 2.73 bits per heavy atom. The number of aliphatic hydroxyl groups excluding tert-OH is 1. The summed E-state index contributed by atoms with van der Waals surface area (Å²) in [7, 11) is 0. The van der Waals surface area contributed by atoms with Crippen molar-refractivity contribution in [2.24, 2.45) is 5.73 Å². The molecular weight excluding hydrogens is 334 g/mol. The molecule has 0 saturated carbocycles. The molecule has 2 fully saturated rings. The number of hydrogen-bond donors (Lipinski definition) is 4. The van der Waals surface area contributed by atoms with Crippen molar-refractivity contribution in [2.45, 2.75) is 25.0 Å². The van der Waals surface area contributed by atoms with Gasteiger partial charge in [-0.05, 0) is 25.0 Å². The average Bonchev–Trinajstić information content (AvgIpc) is 3.24. The van der Waals surface area contributed by atoms with Crippen molar-refractivity contribution in [1.29, 1.82) is 0 Å². The molecule has 8 nitrogen and oxygen atoms in total. The molecule has 0 spiro atoms. The molecule has 0 aliphatic carbocycles. The summed E-state index contributed by atoms with van der Waals surface area (Å²) in [5, 5.41) is 15.4. The zero-order valence-corrected chi connectivity index (χ0v) is 14.9. The van der Waals surface area contributed by atoms with Crippen LogP contribution in [-0.4, -0.2) is 73.4 Å². The van der Waals surface area contributed by atoms with Crippen molar-refractivity contribution >= 4 is 17.6 Å². The minimum Gasteiger partial charge on any atom is -0.392 e. The van der Waals surface area contributed by atoms with Crippen molar-refractivity contribution in [3.05, 3.63) is 29.8 Å². The normalized spacial score (nSPS) is 23.2. The van der Waals surface area contributed by atoms with Gasteiger partial charge in [-0.25, -0.2) is 4.79 Å². The van der Waals surface area contributed by atoms with Crippen LogP contribution >= 0.6 is 0 Å². The van der Waals surface area contributed by atoms with E-state index in [-0.39, 0.29) is 18.2 Å². The molecule has 8 heteroatoms. The summed E-state index contributed by atoms with van der Waals surface area (Å²) in [5.74, 6) is -0.443. The Balaban J connectivity index is 1.43. The van der Waals surface area contributed by atoms with E-state index in [0.717, 1.165) is 38.2 Å². The lowest BCUT2D eigenvalue weighted by molar-refractivity contribution is 0.100. The highest BCUT2D eigenvalue weighted by atomic mass is 16.3. The molecular formula is C18H27N5O3. The fraction of sp³-hybridized carbons (Fsp3) is 0.556. The van der Waals surface area contributed by atoms with Crippen LogP contribution in [0.1, 0.15) is 23.2 Å². The van der Waals surface area contributed by atoms with Gasteiger partial charge in [0, 0.05) is 51.0 Å². The number of urea groups is 1. The number of nitrogens with two attached hydrogens (primary N) is 1. The highest BCUT2D eigenvalue weighted by molar-refractivity contribution is 5.98. The number of para-hydroxylation sites is 1. The van der Waals surface area contributed by atoms with Crippen LogP contribution < -0.4 is 21.3 Å². The second kappa shape index (κ2) is 8.37. The van der Waals surface area contributed by atoms with E-state index in [9.17, 15) is 14.7 Å². The van der Waals surface area contributed by atoms with E-state index in [1.54, 1.807) is 12.1 Å². The summed E-state index contributed by atoms with van der Waals surface area (Å²) >= 11 is 0. The average molecular weight is 361 g/mol. The van der Waals surface area contributed by atoms with Crippen molar-refractivity contribution in [3.8, 4) is 0 Å². The molecule has 3 amide bonds. The molecule has 26 heavy (non-hydrogen) atoms. The van der Waals surface area contributed by atoms with Crippen molar-refractivity contribution in [3.63, 3.8) is 0 Å². The number of amides is 3. The lowest BCUT2D eigenvalue weighted by Crippen LogP contribution is -2.45. The Morgan fingerprint density at radius 1 is 1.19 bits per heavy atom. The standard InChI is InChI=1S/C18H27N5O3/c19-17(25)15-3-1-2-4-16(15)23-9-5-13(11-23)21-18(26)20-7-10-22-8-6-14(24)12-22/h1-4,13-14,24H,5-12H2,(H2,19,25)(H2,20,21,26)/t13?,14-/m0/s1. The Hall–Kier alpha value is -2.32. The van der Waals surface area contributed by atoms with Gasteiger partial charge in [-0.15, -0.1) is 0 Å². The van der Waals surface area contributed by atoms with Gasteiger partial charge >= 0.3 is 6.03 Å². The topological polar surface area (TPSA) is 111 Å². The number of primary amides is 1. The number of carbonyl (C=O) groups is 2. The summed E-state index contributed by atoms with van der Waals surface area (Å²) in [6.07, 6.45) is 1.38. The van der Waals surface area contributed by atoms with Crippen LogP contribution in [-0.2, 0) is 0 Å². The van der Waals surface area contributed by atoms with Crippen LogP contribution in [0, 0.1) is 0 Å². The van der Waals surface area contributed by atoms with Gasteiger partial charge in [0.05, 0.1) is 11.7 Å². The van der Waals surface area contributed by atoms with E-state index in [1.807, 2.05) is 12.1 Å². The molecule has 2 atom stereocenters. The van der Waals surface area contributed by atoms with Gasteiger partial charge in [-0.2, -0.15) is 0 Å². The number of nitrogens with zero attached hydrogens (tertiary/aromatic N) is 2. The fourth-order valence-corrected chi connectivity index (χ4v) is 3.63. The molecule has 1 unspecified atom stereocenters. The van der Waals surface area contributed by atoms with E-state index in [4.69, 9.17) is 5.73 Å². The van der Waals surface area contributed by atoms with Gasteiger partial charge in [0.15, 0.2) is 0 Å². The predicted molar refractivity (Wildman–Crippen MR) is 99.2 cm³/mol. The Morgan fingerprint density at radius 2 is 2.00 bits per heavy atom. The van der Waals surface area contributed by atoms with Crippen LogP contribution in [0.4, 0.5) is 10.5 Å². The van der Waals surface area contributed by atoms with Crippen molar-refractivity contribution in [2.75, 3.05) is 44.2 Å². The molecule has 2 aliphatic rings. The second-order valence-corrected chi connectivity index (χ2v) is 6.96. The SMILES string of the molecule is NC(=O)c1ccccc1N1CCC(NC(=O)NCCN2CC[C@H](O)C2)C1. The summed E-state index contributed by atoms with van der Waals surface area (Å²) in [6.45, 7) is 4.27. The molecule has 3 rings (SSSR count). The number of anilines is 1. The van der Waals surface area contributed by atoms with Gasteiger partial charge < -0.3 is 26.4 Å². The maximum Gasteiger partial charge on any atom is 0.315 e. The number of carbonyl (C=O) groups excluding carboxylic acids is 2. The van der Waals surface area contributed by atoms with Gasteiger partial charge in [-0.1, -0.05) is 12.1 Å². The third kappa shape index (κ3) is 4.64. The van der Waals surface area contributed by atoms with E-state index >= 15 is 0 Å². The van der Waals surface area contributed by atoms with Gasteiger partial charge in [0.2, 0.25) is 0 Å². The third-order valence-electron chi connectivity index (χ3n) is 4.99. The van der Waals surface area contributed by atoms with E-state index in [2.05, 4.69) is 20.4 Å². The minimum absolute atomic E-state index is 0.0320. The summed E-state index contributed by atoms with van der Waals surface area (Å²) < 4.78 is 0. The van der Waals surface area contributed by atoms with Crippen LogP contribution in [0.3, 0.4) is 0 Å². The Kier molecular flexibility index (Phi) is 5.95. The molecule has 2 aliphatic heterocycles. The molecule has 0 radical (unpaired) electrons. The third-order valence-corrected chi connectivity index (χ3v) is 4.99. The minimum atomic E-state index is -0.443. The van der Waals surface area contributed by atoms with Crippen LogP contribution in [0.5, 0.6) is 0 Å². The molecule has 1 aromatic rings. The Bertz CT molecular complexity index is 653. The lowest BCUT2D eigenvalue weighted by Gasteiger charge is -2.21. The van der Waals surface area contributed by atoms with Crippen LogP contribution in [0.15, 0.2) is 24.3 Å². The number of likely N-dealkylation sites (tertiary alicyclic amines) is 1. The zero-order valence-electron chi connectivity index (χ0n) is 14.9. The lowest BCUT2D eigenvalue weighted by atomic mass is 10.1. The summed E-state index contributed by atoms with van der Waals surface area (Å²) in [4.78, 5) is 27.9. The van der Waals surface area contributed by atoms with E-state index in [0.29, 0.717) is 25.2 Å². The number of nitrogens with one attached hydrogen (secondary N) is 2. The second-order valence-electron chi connectivity index (χ2n) is 6.96. The number of rotatable bonds is 6. The quantitative estimate of drug-likeness (QED) is 0.557. The number of benzene rings is 1. The van der Waals surface area contributed by atoms with Crippen LogP contribution in [0.25, 0.3) is 0 Å². The number of β-amino-alcohol motifs (C(OH)–C–C–N with tert-alkyl or cyclic N) is 1. The molecule has 0 aromatic heterocycles. The zero-order chi connectivity index (χ0) is 18.5. The van der Waals surface area contributed by atoms with E-state index < -0.39 is 5.91 Å². The smallest absolute Gasteiger partial charge is 0.315 e. The Labute approximate surface area is 153 Å². The maximum atomic E-state index is 12.1. The number of hydrogen-bond acceptors (Lipinski definition) is 5. The fourth-order valence-electron chi connectivity index (χ4n) is 3.63. The van der Waals surface area contributed by atoms with Crippen molar-refractivity contribution < 1.29 is 14.7 Å². The predicted octanol–water partition coefficient (Wildman–Crippen LogP) is -0.270. The first-order valence-electron chi connectivity index (χ1n) is 9.11. The first kappa shape index (κ1) is 18.5. The molecule has 142 valence electrons. The van der Waals surface area contributed by atoms with Crippen LogP contribution in [0.2, 0.25) is 0 Å². The molecule has 2 saturated heterocycles. The van der Waals surface area contributed by atoms with Gasteiger partial charge in [0.25, 0.3) is 5.91 Å². The molecule has 2 heterocycles. The highest BCUT2D eigenvalue weighted by Gasteiger charge is 2.26. The van der Waals surface area contributed by atoms with Gasteiger partial charge in [0.1, 0.15) is 0 Å². The molecule has 5 N–H and O–H groups in total. The first-order valence-corrected chi connectivity index (χ1v) is 9.11. The maximum absolute atomic E-state index is 12.1. The summed E-state index contributed by atoms with van der Waals surface area (Å²) in [5.41, 5.74) is 6.77. The molecule has 1 aromatic carbocycles. The highest BCUT2D eigenvalue weighted by Crippen LogP contribution is 2.24.